The van der Waals surface area contributed by atoms with Crippen molar-refractivity contribution in [1.82, 2.24) is 0 Å². The average molecular weight is 473 g/mol. The summed E-state index contributed by atoms with van der Waals surface area (Å²) in [5, 5.41) is 25.8. The third-order valence-corrected chi connectivity index (χ3v) is 9.74. The monoisotopic (exact) mass is 472 g/mol. The van der Waals surface area contributed by atoms with Crippen molar-refractivity contribution in [2.75, 3.05) is 0 Å². The molecule has 4 aromatic rings. The minimum Gasteiger partial charge on any atom is -0.388 e. The zero-order valence-corrected chi connectivity index (χ0v) is 20.4. The minimum atomic E-state index is -1.14. The van der Waals surface area contributed by atoms with Gasteiger partial charge in [0.05, 0.1) is 6.10 Å². The fraction of sp³-hybridized carbons (Fsp3) is 0.294. The van der Waals surface area contributed by atoms with Crippen LogP contribution >= 0.6 is 0 Å². The molecular formula is C34H32O2. The maximum atomic E-state index is 13.3. The van der Waals surface area contributed by atoms with Crippen molar-refractivity contribution in [3.05, 3.63) is 143 Å². The van der Waals surface area contributed by atoms with E-state index in [1.807, 2.05) is 6.07 Å². The molecule has 7 rings (SSSR count). The highest BCUT2D eigenvalue weighted by molar-refractivity contribution is 5.50. The summed E-state index contributed by atoms with van der Waals surface area (Å²) < 4.78 is 0. The molecular weight excluding hydrogens is 440 g/mol. The van der Waals surface area contributed by atoms with Gasteiger partial charge in [-0.1, -0.05) is 109 Å². The second-order valence-electron chi connectivity index (χ2n) is 11.0. The van der Waals surface area contributed by atoms with Crippen LogP contribution in [0.5, 0.6) is 0 Å². The zero-order chi connectivity index (χ0) is 24.3. The second kappa shape index (κ2) is 8.16. The van der Waals surface area contributed by atoms with Crippen LogP contribution in [0, 0.1) is 11.3 Å². The summed E-state index contributed by atoms with van der Waals surface area (Å²) in [4.78, 5) is 0. The molecule has 2 nitrogen and oxygen atoms in total. The largest absolute Gasteiger partial charge is 0.388 e. The molecule has 1 unspecified atom stereocenters. The van der Waals surface area contributed by atoms with E-state index >= 15 is 0 Å². The first-order valence-corrected chi connectivity index (χ1v) is 13.3. The first kappa shape index (κ1) is 22.0. The van der Waals surface area contributed by atoms with E-state index in [0.717, 1.165) is 36.8 Å². The molecule has 2 heteroatoms. The third kappa shape index (κ3) is 2.80. The highest BCUT2D eigenvalue weighted by Crippen LogP contribution is 2.76. The van der Waals surface area contributed by atoms with Gasteiger partial charge in [0.2, 0.25) is 0 Å². The molecule has 0 radical (unpaired) electrons. The van der Waals surface area contributed by atoms with E-state index in [1.165, 1.54) is 22.3 Å². The smallest absolute Gasteiger partial charge is 0.102 e. The minimum absolute atomic E-state index is 0.0138. The van der Waals surface area contributed by atoms with Crippen molar-refractivity contribution in [2.45, 2.75) is 49.2 Å². The lowest BCUT2D eigenvalue weighted by atomic mass is 9.53. The molecule has 36 heavy (non-hydrogen) atoms. The molecule has 0 amide bonds. The summed E-state index contributed by atoms with van der Waals surface area (Å²) in [5.74, 6) is 0.0948. The van der Waals surface area contributed by atoms with E-state index in [1.54, 1.807) is 0 Å². The molecule has 2 N–H and O–H groups in total. The number of aliphatic hydroxyl groups is 2. The van der Waals surface area contributed by atoms with Gasteiger partial charge in [-0.05, 0) is 65.0 Å². The molecule has 1 spiro atoms. The maximum absolute atomic E-state index is 13.3. The summed E-state index contributed by atoms with van der Waals surface area (Å²) in [5.41, 5.74) is 5.02. The van der Waals surface area contributed by atoms with Gasteiger partial charge < -0.3 is 10.2 Å². The van der Waals surface area contributed by atoms with Crippen LogP contribution in [0.1, 0.15) is 64.2 Å². The molecule has 3 aliphatic carbocycles. The van der Waals surface area contributed by atoms with E-state index < -0.39 is 17.1 Å². The molecule has 4 aromatic carbocycles. The Balaban J connectivity index is 1.57. The van der Waals surface area contributed by atoms with Gasteiger partial charge in [-0.3, -0.25) is 0 Å². The van der Waals surface area contributed by atoms with Gasteiger partial charge in [-0.25, -0.2) is 0 Å². The number of aryl methyl sites for hydroxylation is 2. The number of hydrogen-bond donors (Lipinski definition) is 2. The quantitative estimate of drug-likeness (QED) is 0.341. The third-order valence-electron chi connectivity index (χ3n) is 9.74. The average Bonchev–Trinajstić information content (AvgIpc) is 3.18. The molecule has 6 atom stereocenters. The zero-order valence-electron chi connectivity index (χ0n) is 20.4. The Morgan fingerprint density at radius 2 is 1.25 bits per heavy atom. The van der Waals surface area contributed by atoms with Gasteiger partial charge in [0.15, 0.2) is 0 Å². The maximum Gasteiger partial charge on any atom is 0.102 e. The van der Waals surface area contributed by atoms with Crippen LogP contribution in [-0.4, -0.2) is 10.2 Å². The van der Waals surface area contributed by atoms with Crippen LogP contribution in [0.4, 0.5) is 0 Å². The first-order valence-electron chi connectivity index (χ1n) is 13.3. The SMILES string of the molecule is OC1c2ccccc2CC[C@@]12[C@H](c1ccccc1)[C@@H](c1ccccc1)[C@@H]1CCc3ccccc3[C@@]12O. The highest BCUT2D eigenvalue weighted by atomic mass is 16.3. The van der Waals surface area contributed by atoms with Gasteiger partial charge in [-0.15, -0.1) is 0 Å². The number of aliphatic hydroxyl groups excluding tert-OH is 1. The number of fused-ring (bicyclic) bond motifs is 5. The molecule has 1 fully saturated rings. The van der Waals surface area contributed by atoms with Gasteiger partial charge in [-0.2, -0.15) is 0 Å². The van der Waals surface area contributed by atoms with Gasteiger partial charge in [0.25, 0.3) is 0 Å². The lowest BCUT2D eigenvalue weighted by Crippen LogP contribution is -2.54. The summed E-state index contributed by atoms with van der Waals surface area (Å²) in [7, 11) is 0. The Hall–Kier alpha value is -3.20. The fourth-order valence-corrected chi connectivity index (χ4v) is 8.43. The van der Waals surface area contributed by atoms with E-state index in [-0.39, 0.29) is 17.8 Å². The molecule has 3 aliphatic rings. The van der Waals surface area contributed by atoms with E-state index in [9.17, 15) is 10.2 Å². The van der Waals surface area contributed by atoms with Crippen molar-refractivity contribution >= 4 is 0 Å². The lowest BCUT2D eigenvalue weighted by molar-refractivity contribution is -0.171. The van der Waals surface area contributed by atoms with Crippen molar-refractivity contribution in [3.8, 4) is 0 Å². The summed E-state index contributed by atoms with van der Waals surface area (Å²) in [6.07, 6.45) is 2.70. The van der Waals surface area contributed by atoms with Crippen molar-refractivity contribution < 1.29 is 10.2 Å². The lowest BCUT2D eigenvalue weighted by Gasteiger charge is -2.54. The van der Waals surface area contributed by atoms with Crippen LogP contribution in [0.15, 0.2) is 109 Å². The molecule has 0 aliphatic heterocycles. The molecule has 0 heterocycles. The number of benzene rings is 4. The number of hydrogen-bond acceptors (Lipinski definition) is 2. The highest BCUT2D eigenvalue weighted by Gasteiger charge is 2.73. The van der Waals surface area contributed by atoms with Gasteiger partial charge >= 0.3 is 0 Å². The summed E-state index contributed by atoms with van der Waals surface area (Å²) >= 11 is 0. The van der Waals surface area contributed by atoms with Gasteiger partial charge in [0.1, 0.15) is 5.60 Å². The molecule has 0 saturated heterocycles. The molecule has 180 valence electrons. The Kier molecular flexibility index (Phi) is 4.99. The molecule has 1 saturated carbocycles. The van der Waals surface area contributed by atoms with Crippen LogP contribution in [0.25, 0.3) is 0 Å². The summed E-state index contributed by atoms with van der Waals surface area (Å²) in [6, 6.07) is 38.2. The predicted molar refractivity (Wildman–Crippen MR) is 143 cm³/mol. The van der Waals surface area contributed by atoms with E-state index in [2.05, 4.69) is 103 Å². The van der Waals surface area contributed by atoms with E-state index in [0.29, 0.717) is 0 Å². The molecule has 0 bridgehead atoms. The van der Waals surface area contributed by atoms with E-state index in [4.69, 9.17) is 0 Å². The Morgan fingerprint density at radius 1 is 0.639 bits per heavy atom. The predicted octanol–water partition coefficient (Wildman–Crippen LogP) is 6.68. The van der Waals surface area contributed by atoms with Crippen molar-refractivity contribution in [3.63, 3.8) is 0 Å². The standard InChI is InChI=1S/C34H32O2/c35-32-27-17-9-7-11-23(27)21-22-33(32)31(26-15-5-2-6-16-26)30(25-13-3-1-4-14-25)29-20-19-24-12-8-10-18-28(24)34(29,33)36/h1-18,29-32,35-36H,19-22H2/t29-,30-,31+,32?,33+,34+/m0/s1. The van der Waals surface area contributed by atoms with Crippen LogP contribution < -0.4 is 0 Å². The van der Waals surface area contributed by atoms with Crippen LogP contribution in [-0.2, 0) is 18.4 Å². The second-order valence-corrected chi connectivity index (χ2v) is 11.0. The van der Waals surface area contributed by atoms with Crippen molar-refractivity contribution in [2.24, 2.45) is 11.3 Å². The number of rotatable bonds is 2. The first-order chi connectivity index (χ1) is 17.7. The fourth-order valence-electron chi connectivity index (χ4n) is 8.43. The Bertz CT molecular complexity index is 1400. The normalized spacial score (nSPS) is 32.5. The van der Waals surface area contributed by atoms with Gasteiger partial charge in [0, 0.05) is 17.3 Å². The van der Waals surface area contributed by atoms with Crippen molar-refractivity contribution in [1.29, 1.82) is 0 Å². The Morgan fingerprint density at radius 3 is 2.00 bits per heavy atom. The summed E-state index contributed by atoms with van der Waals surface area (Å²) in [6.45, 7) is 0. The van der Waals surface area contributed by atoms with Crippen LogP contribution in [0.3, 0.4) is 0 Å². The van der Waals surface area contributed by atoms with Crippen LogP contribution in [0.2, 0.25) is 0 Å². The topological polar surface area (TPSA) is 40.5 Å². The molecule has 0 aromatic heterocycles. The Labute approximate surface area is 213 Å².